The van der Waals surface area contributed by atoms with Gasteiger partial charge in [-0.25, -0.2) is 4.21 Å². The number of hydrogen-bond donors (Lipinski definition) is 0. The van der Waals surface area contributed by atoms with Crippen LogP contribution in [-0.2, 0) is 24.8 Å². The number of alkyl halides is 6. The van der Waals surface area contributed by atoms with E-state index in [0.717, 1.165) is 0 Å². The summed E-state index contributed by atoms with van der Waals surface area (Å²) in [6, 6.07) is 0. The Balaban J connectivity index is 4.82. The molecular weight excluding hydrogens is 266 g/mol. The van der Waals surface area contributed by atoms with Crippen molar-refractivity contribution < 1.29 is 42.6 Å². The fraction of sp³-hybridized carbons (Fsp3) is 1.00. The molecule has 0 saturated carbocycles. The van der Waals surface area contributed by atoms with Gasteiger partial charge in [0.1, 0.15) is 0 Å². The van der Waals surface area contributed by atoms with E-state index in [1.165, 1.54) is 0 Å². The van der Waals surface area contributed by atoms with E-state index < -0.39 is 32.2 Å². The highest BCUT2D eigenvalue weighted by Gasteiger charge is 2.53. The van der Waals surface area contributed by atoms with Crippen LogP contribution in [0.15, 0.2) is 0 Å². The van der Waals surface area contributed by atoms with Gasteiger partial charge in [-0.15, -0.1) is 0 Å². The number of hydrogen-bond acceptors (Lipinski definition) is 4. The average molecular weight is 266 g/mol. The molecule has 0 aliphatic carbocycles. The predicted octanol–water partition coefficient (Wildman–Crippen LogP) is 1.04. The van der Waals surface area contributed by atoms with Gasteiger partial charge < -0.3 is 0 Å². The summed E-state index contributed by atoms with van der Waals surface area (Å²) in [5.74, 6) is 0. The lowest BCUT2D eigenvalue weighted by atomic mass is 11.6. The first-order valence-electron chi connectivity index (χ1n) is 2.38. The molecule has 0 radical (unpaired) electrons. The van der Waals surface area contributed by atoms with Crippen LogP contribution >= 0.6 is 0 Å². The van der Waals surface area contributed by atoms with Crippen molar-refractivity contribution in [1.82, 2.24) is 0 Å². The van der Waals surface area contributed by atoms with Crippen LogP contribution in [0, 0.1) is 0 Å². The van der Waals surface area contributed by atoms with E-state index in [2.05, 4.69) is 3.63 Å². The molecule has 14 heavy (non-hydrogen) atoms. The average Bonchev–Trinajstić information content (AvgIpc) is 1.80. The quantitative estimate of drug-likeness (QED) is 0.553. The molecule has 0 fully saturated rings. The van der Waals surface area contributed by atoms with Crippen LogP contribution in [-0.4, -0.2) is 23.6 Å². The summed E-state index contributed by atoms with van der Waals surface area (Å²) in [6.45, 7) is 0. The van der Waals surface area contributed by atoms with E-state index in [9.17, 15) is 39.0 Å². The van der Waals surface area contributed by atoms with E-state index in [1.54, 1.807) is 0 Å². The monoisotopic (exact) mass is 266 g/mol. The Kier molecular flexibility index (Phi) is 3.56. The molecule has 86 valence electrons. The fourth-order valence-corrected chi connectivity index (χ4v) is 1.43. The maximum atomic E-state index is 11.4. The molecule has 0 spiro atoms. The van der Waals surface area contributed by atoms with Gasteiger partial charge in [-0.3, -0.25) is 0 Å². The van der Waals surface area contributed by atoms with Gasteiger partial charge in [0.25, 0.3) is 11.1 Å². The zero-order chi connectivity index (χ0) is 11.8. The molecule has 0 bridgehead atoms. The Morgan fingerprint density at radius 2 is 1.36 bits per heavy atom. The van der Waals surface area contributed by atoms with Crippen molar-refractivity contribution in [3.05, 3.63) is 0 Å². The second-order valence-corrected chi connectivity index (χ2v) is 4.50. The van der Waals surface area contributed by atoms with Crippen LogP contribution in [0.4, 0.5) is 26.3 Å². The molecule has 0 heterocycles. The van der Waals surface area contributed by atoms with Gasteiger partial charge in [-0.2, -0.15) is 38.4 Å². The second kappa shape index (κ2) is 3.66. The summed E-state index contributed by atoms with van der Waals surface area (Å²) >= 11 is -4.56. The fourth-order valence-electron chi connectivity index (χ4n) is 0.159. The Hall–Kier alpha value is -0.360. The lowest BCUT2D eigenvalue weighted by Crippen LogP contribution is -2.30. The molecule has 0 aromatic rings. The van der Waals surface area contributed by atoms with Crippen molar-refractivity contribution in [1.29, 1.82) is 0 Å². The standard InChI is InChI=1S/C2F6O4S2/c3-1(4,5)13(9)12-14(10,11)2(6,7)8. The molecular formula is C2F6O4S2. The van der Waals surface area contributed by atoms with Gasteiger partial charge in [0.05, 0.1) is 0 Å². The van der Waals surface area contributed by atoms with Crippen molar-refractivity contribution in [2.75, 3.05) is 0 Å². The molecule has 0 aromatic carbocycles. The van der Waals surface area contributed by atoms with Crippen LogP contribution in [0.1, 0.15) is 0 Å². The zero-order valence-corrected chi connectivity index (χ0v) is 7.35. The van der Waals surface area contributed by atoms with Crippen LogP contribution in [0.5, 0.6) is 0 Å². The predicted molar refractivity (Wildman–Crippen MR) is 30.3 cm³/mol. The molecule has 12 heteroatoms. The van der Waals surface area contributed by atoms with E-state index in [0.29, 0.717) is 0 Å². The van der Waals surface area contributed by atoms with Gasteiger partial charge in [0.15, 0.2) is 0 Å². The highest BCUT2D eigenvalue weighted by molar-refractivity contribution is 7.97. The summed E-state index contributed by atoms with van der Waals surface area (Å²) in [5, 5.41) is 0. The van der Waals surface area contributed by atoms with Gasteiger partial charge in [-0.05, 0) is 0 Å². The topological polar surface area (TPSA) is 60.4 Å². The van der Waals surface area contributed by atoms with Crippen LogP contribution in [0.25, 0.3) is 0 Å². The van der Waals surface area contributed by atoms with E-state index in [-0.39, 0.29) is 0 Å². The van der Waals surface area contributed by atoms with Crippen LogP contribution in [0.2, 0.25) is 0 Å². The number of rotatable bonds is 2. The Morgan fingerprint density at radius 3 is 1.57 bits per heavy atom. The molecule has 0 amide bonds. The SMILES string of the molecule is O=S(OS(=O)(=O)C(F)(F)F)C(F)(F)F. The molecule has 4 nitrogen and oxygen atoms in total. The third kappa shape index (κ3) is 3.42. The lowest BCUT2D eigenvalue weighted by Gasteiger charge is -2.08. The van der Waals surface area contributed by atoms with Crippen molar-refractivity contribution in [3.63, 3.8) is 0 Å². The van der Waals surface area contributed by atoms with Gasteiger partial charge in [0, 0.05) is 0 Å². The van der Waals surface area contributed by atoms with Gasteiger partial charge in [-0.1, -0.05) is 0 Å². The largest absolute Gasteiger partial charge is 0.524 e. The summed E-state index contributed by atoms with van der Waals surface area (Å²) in [7, 11) is -6.50. The first kappa shape index (κ1) is 13.6. The van der Waals surface area contributed by atoms with E-state index in [4.69, 9.17) is 0 Å². The minimum atomic E-state index is -6.50. The Labute approximate surface area is 75.6 Å². The van der Waals surface area contributed by atoms with Crippen molar-refractivity contribution in [2.45, 2.75) is 11.0 Å². The van der Waals surface area contributed by atoms with E-state index >= 15 is 0 Å². The molecule has 0 aliphatic rings. The smallest absolute Gasteiger partial charge is 0.219 e. The molecule has 0 N–H and O–H groups in total. The molecule has 0 rings (SSSR count). The lowest BCUT2D eigenvalue weighted by molar-refractivity contribution is -0.0549. The Morgan fingerprint density at radius 1 is 1.00 bits per heavy atom. The third-order valence-electron chi connectivity index (χ3n) is 0.624. The Bertz CT molecular complexity index is 323. The third-order valence-corrected chi connectivity index (χ3v) is 2.78. The van der Waals surface area contributed by atoms with Gasteiger partial charge in [0.2, 0.25) is 0 Å². The highest BCUT2D eigenvalue weighted by Crippen LogP contribution is 2.29. The first-order chi connectivity index (χ1) is 5.88. The normalized spacial score (nSPS) is 16.7. The maximum absolute atomic E-state index is 11.4. The number of halogens is 6. The molecule has 0 aliphatic heterocycles. The summed E-state index contributed by atoms with van der Waals surface area (Å²) < 4.78 is 99.9. The zero-order valence-electron chi connectivity index (χ0n) is 5.72. The van der Waals surface area contributed by atoms with E-state index in [1.807, 2.05) is 0 Å². The molecule has 0 saturated heterocycles. The first-order valence-corrected chi connectivity index (χ1v) is 4.86. The minimum Gasteiger partial charge on any atom is -0.219 e. The van der Waals surface area contributed by atoms with Crippen LogP contribution < -0.4 is 0 Å². The van der Waals surface area contributed by atoms with Crippen LogP contribution in [0.3, 0.4) is 0 Å². The molecule has 0 aromatic heterocycles. The second-order valence-electron chi connectivity index (χ2n) is 1.65. The summed E-state index contributed by atoms with van der Waals surface area (Å²) in [5.41, 5.74) is -11.7. The van der Waals surface area contributed by atoms with Crippen molar-refractivity contribution in [3.8, 4) is 0 Å². The molecule has 1 unspecified atom stereocenters. The maximum Gasteiger partial charge on any atom is 0.524 e. The highest BCUT2D eigenvalue weighted by atomic mass is 32.3. The molecule has 1 atom stereocenters. The summed E-state index contributed by atoms with van der Waals surface area (Å²) in [4.78, 5) is 0. The van der Waals surface area contributed by atoms with Crippen molar-refractivity contribution in [2.24, 2.45) is 0 Å². The summed E-state index contributed by atoms with van der Waals surface area (Å²) in [6.07, 6.45) is 0. The van der Waals surface area contributed by atoms with Gasteiger partial charge >= 0.3 is 21.1 Å². The minimum absolute atomic E-state index is 2.36. The van der Waals surface area contributed by atoms with Crippen molar-refractivity contribution >= 4 is 21.2 Å².